The molecule has 0 bridgehead atoms. The summed E-state index contributed by atoms with van der Waals surface area (Å²) in [5.74, 6) is 1.00. The van der Waals surface area contributed by atoms with E-state index in [0.717, 1.165) is 16.7 Å². The van der Waals surface area contributed by atoms with Crippen LogP contribution >= 0.6 is 0 Å². The lowest BCUT2D eigenvalue weighted by atomic mass is 9.92. The van der Waals surface area contributed by atoms with Crippen LogP contribution in [-0.2, 0) is 9.53 Å². The Balaban J connectivity index is 2.64. The monoisotopic (exact) mass is 355 g/mol. The number of oxime groups is 1. The molecule has 6 heteroatoms. The van der Waals surface area contributed by atoms with E-state index in [9.17, 15) is 4.79 Å². The maximum atomic E-state index is 11.8. The second-order valence-corrected chi connectivity index (χ2v) is 5.35. The number of carbonyl (C=O) groups excluding carboxylic acids is 1. The van der Waals surface area contributed by atoms with E-state index in [0.29, 0.717) is 17.1 Å². The molecule has 0 atom stereocenters. The summed E-state index contributed by atoms with van der Waals surface area (Å²) in [6, 6.07) is 14.8. The number of hydrogen-bond donors (Lipinski definition) is 1. The molecule has 0 radical (unpaired) electrons. The molecule has 0 saturated heterocycles. The van der Waals surface area contributed by atoms with Crippen LogP contribution in [0, 0.1) is 0 Å². The van der Waals surface area contributed by atoms with Crippen molar-refractivity contribution in [2.24, 2.45) is 5.16 Å². The molecule has 0 saturated carbocycles. The van der Waals surface area contributed by atoms with Crippen LogP contribution in [-0.4, -0.2) is 38.7 Å². The van der Waals surface area contributed by atoms with Gasteiger partial charge in [0.15, 0.2) is 0 Å². The molecule has 0 aliphatic rings. The van der Waals surface area contributed by atoms with Gasteiger partial charge in [-0.2, -0.15) is 0 Å². The van der Waals surface area contributed by atoms with E-state index in [-0.39, 0.29) is 6.42 Å². The highest BCUT2D eigenvalue weighted by Gasteiger charge is 2.15. The standard InChI is InChI=1S/C20H21NO5/c1-24-17-8-4-14(5-9-17)20(15-6-10-18(25-2)11-7-15)16(13-21-23)12-19(22)26-3/h4-11,13,23H,12H2,1-3H3. The molecule has 0 amide bonds. The molecule has 26 heavy (non-hydrogen) atoms. The predicted octanol–water partition coefficient (Wildman–Crippen LogP) is 3.53. The third-order valence-electron chi connectivity index (χ3n) is 3.85. The zero-order valence-electron chi connectivity index (χ0n) is 14.9. The van der Waals surface area contributed by atoms with Gasteiger partial charge < -0.3 is 19.4 Å². The van der Waals surface area contributed by atoms with Gasteiger partial charge in [-0.05, 0) is 46.5 Å². The summed E-state index contributed by atoms with van der Waals surface area (Å²) < 4.78 is 15.2. The Morgan fingerprint density at radius 3 is 1.73 bits per heavy atom. The molecule has 1 N–H and O–H groups in total. The van der Waals surface area contributed by atoms with Crippen LogP contribution in [0.2, 0.25) is 0 Å². The van der Waals surface area contributed by atoms with Crippen molar-refractivity contribution >= 4 is 17.8 Å². The molecule has 0 spiro atoms. The summed E-state index contributed by atoms with van der Waals surface area (Å²) in [4.78, 5) is 11.8. The Bertz CT molecular complexity index is 742. The van der Waals surface area contributed by atoms with E-state index in [1.54, 1.807) is 14.2 Å². The fraction of sp³-hybridized carbons (Fsp3) is 0.200. The van der Waals surface area contributed by atoms with Gasteiger partial charge in [-0.15, -0.1) is 0 Å². The first-order valence-electron chi connectivity index (χ1n) is 7.89. The Hall–Kier alpha value is -3.28. The van der Waals surface area contributed by atoms with Crippen molar-refractivity contribution < 1.29 is 24.2 Å². The lowest BCUT2D eigenvalue weighted by Gasteiger charge is -2.14. The van der Waals surface area contributed by atoms with E-state index in [4.69, 9.17) is 19.4 Å². The number of methoxy groups -OCH3 is 3. The van der Waals surface area contributed by atoms with E-state index in [1.165, 1.54) is 13.3 Å². The van der Waals surface area contributed by atoms with Crippen LogP contribution in [0.3, 0.4) is 0 Å². The molecule has 136 valence electrons. The Morgan fingerprint density at radius 1 is 0.923 bits per heavy atom. The molecule has 0 aliphatic heterocycles. The summed E-state index contributed by atoms with van der Waals surface area (Å²) in [5.41, 5.74) is 2.96. The molecule has 6 nitrogen and oxygen atoms in total. The lowest BCUT2D eigenvalue weighted by Crippen LogP contribution is -2.06. The number of benzene rings is 2. The second-order valence-electron chi connectivity index (χ2n) is 5.35. The van der Waals surface area contributed by atoms with Crippen molar-refractivity contribution in [3.63, 3.8) is 0 Å². The van der Waals surface area contributed by atoms with Gasteiger partial charge in [-0.3, -0.25) is 4.79 Å². The first-order valence-corrected chi connectivity index (χ1v) is 7.89. The van der Waals surface area contributed by atoms with E-state index < -0.39 is 5.97 Å². The fourth-order valence-corrected chi connectivity index (χ4v) is 2.55. The summed E-state index contributed by atoms with van der Waals surface area (Å²) in [6.45, 7) is 0. The third kappa shape index (κ3) is 4.63. The van der Waals surface area contributed by atoms with Crippen LogP contribution in [0.25, 0.3) is 5.57 Å². The van der Waals surface area contributed by atoms with Gasteiger partial charge in [-0.1, -0.05) is 29.4 Å². The van der Waals surface area contributed by atoms with Gasteiger partial charge in [0, 0.05) is 0 Å². The maximum Gasteiger partial charge on any atom is 0.310 e. The van der Waals surface area contributed by atoms with Gasteiger partial charge >= 0.3 is 5.97 Å². The van der Waals surface area contributed by atoms with Crippen molar-refractivity contribution in [2.45, 2.75) is 6.42 Å². The molecule has 0 aromatic heterocycles. The van der Waals surface area contributed by atoms with Crippen molar-refractivity contribution in [1.82, 2.24) is 0 Å². The van der Waals surface area contributed by atoms with Crippen LogP contribution in [0.15, 0.2) is 59.3 Å². The minimum atomic E-state index is -0.431. The highest BCUT2D eigenvalue weighted by molar-refractivity contribution is 6.00. The second kappa shape index (κ2) is 9.27. The van der Waals surface area contributed by atoms with E-state index >= 15 is 0 Å². The van der Waals surface area contributed by atoms with Gasteiger partial charge in [-0.25, -0.2) is 0 Å². The van der Waals surface area contributed by atoms with Crippen LogP contribution in [0.1, 0.15) is 17.5 Å². The summed E-state index contributed by atoms with van der Waals surface area (Å²) >= 11 is 0. The zero-order chi connectivity index (χ0) is 18.9. The number of esters is 1. The molecular formula is C20H21NO5. The van der Waals surface area contributed by atoms with Gasteiger partial charge in [0.2, 0.25) is 0 Å². The minimum absolute atomic E-state index is 0.0338. The number of hydrogen-bond acceptors (Lipinski definition) is 6. The summed E-state index contributed by atoms with van der Waals surface area (Å²) in [7, 11) is 4.50. The fourth-order valence-electron chi connectivity index (χ4n) is 2.55. The molecule has 2 rings (SSSR count). The Morgan fingerprint density at radius 2 is 1.38 bits per heavy atom. The average Bonchev–Trinajstić information content (AvgIpc) is 2.69. The topological polar surface area (TPSA) is 77.4 Å². The molecule has 0 unspecified atom stereocenters. The third-order valence-corrected chi connectivity index (χ3v) is 3.85. The molecule has 0 aliphatic carbocycles. The summed E-state index contributed by atoms with van der Waals surface area (Å²) in [6.07, 6.45) is 1.22. The first kappa shape index (κ1) is 19.1. The van der Waals surface area contributed by atoms with E-state index in [1.807, 2.05) is 48.5 Å². The Labute approximate surface area is 152 Å². The molecule has 2 aromatic rings. The quantitative estimate of drug-likeness (QED) is 0.356. The largest absolute Gasteiger partial charge is 0.497 e. The van der Waals surface area contributed by atoms with Crippen molar-refractivity contribution in [1.29, 1.82) is 0 Å². The molecule has 2 aromatic carbocycles. The smallest absolute Gasteiger partial charge is 0.310 e. The predicted molar refractivity (Wildman–Crippen MR) is 98.9 cm³/mol. The van der Waals surface area contributed by atoms with Crippen LogP contribution in [0.4, 0.5) is 0 Å². The van der Waals surface area contributed by atoms with Gasteiger partial charge in [0.05, 0.1) is 34.0 Å². The van der Waals surface area contributed by atoms with Crippen molar-refractivity contribution in [3.8, 4) is 11.5 Å². The van der Waals surface area contributed by atoms with Crippen LogP contribution < -0.4 is 9.47 Å². The lowest BCUT2D eigenvalue weighted by molar-refractivity contribution is -0.139. The highest BCUT2D eigenvalue weighted by Crippen LogP contribution is 2.30. The van der Waals surface area contributed by atoms with Gasteiger partial charge in [0.1, 0.15) is 11.5 Å². The number of ether oxygens (including phenoxy) is 3. The van der Waals surface area contributed by atoms with Gasteiger partial charge in [0.25, 0.3) is 0 Å². The van der Waals surface area contributed by atoms with E-state index in [2.05, 4.69) is 5.16 Å². The number of nitrogens with zero attached hydrogens (tertiary/aromatic N) is 1. The molecular weight excluding hydrogens is 334 g/mol. The SMILES string of the molecule is COC(=O)CC(C=NO)=C(c1ccc(OC)cc1)c1ccc(OC)cc1. The number of rotatable bonds is 7. The van der Waals surface area contributed by atoms with Crippen molar-refractivity contribution in [3.05, 3.63) is 65.2 Å². The van der Waals surface area contributed by atoms with Crippen LogP contribution in [0.5, 0.6) is 11.5 Å². The summed E-state index contributed by atoms with van der Waals surface area (Å²) in [5, 5.41) is 12.2. The average molecular weight is 355 g/mol. The number of carbonyl (C=O) groups is 1. The zero-order valence-corrected chi connectivity index (χ0v) is 14.9. The van der Waals surface area contributed by atoms with Crippen molar-refractivity contribution in [2.75, 3.05) is 21.3 Å². The minimum Gasteiger partial charge on any atom is -0.497 e. The highest BCUT2D eigenvalue weighted by atomic mass is 16.5. The molecule has 0 heterocycles. The molecule has 0 fully saturated rings. The normalized spacial score (nSPS) is 10.4. The first-order chi connectivity index (χ1) is 12.6. The maximum absolute atomic E-state index is 11.8. The Kier molecular flexibility index (Phi) is 6.79.